The van der Waals surface area contributed by atoms with E-state index in [1.165, 1.54) is 16.2 Å². The molecule has 0 radical (unpaired) electrons. The smallest absolute Gasteiger partial charge is 0.301 e. The lowest BCUT2D eigenvalue weighted by Gasteiger charge is -2.23. The van der Waals surface area contributed by atoms with Crippen molar-refractivity contribution in [3.05, 3.63) is 83.4 Å². The molecule has 3 aromatic carbocycles. The monoisotopic (exact) mass is 558 g/mol. The zero-order valence-electron chi connectivity index (χ0n) is 22.5. The second-order valence-corrected chi connectivity index (χ2v) is 10.2. The van der Waals surface area contributed by atoms with E-state index in [-0.39, 0.29) is 11.3 Å². The molecule has 1 saturated heterocycles. The standard InChI is InChI=1S/C31H30N2O6S/c1-4-6-17-39-22-11-7-19(8-12-22)27-26(28(34)20-9-13-21(14-10-20)38-5-2)29(35)30(36)33(27)31-32-24-16-15-23(37-3)18-25(24)40-31/h7-16,18,27,34H,4-6,17H2,1-3H3. The average Bonchev–Trinajstić information content (AvgIpc) is 3.51. The summed E-state index contributed by atoms with van der Waals surface area (Å²) in [6.07, 6.45) is 1.96. The Kier molecular flexibility index (Phi) is 8.02. The summed E-state index contributed by atoms with van der Waals surface area (Å²) in [6, 6.07) is 18.6. The largest absolute Gasteiger partial charge is 0.507 e. The van der Waals surface area contributed by atoms with Crippen molar-refractivity contribution in [2.75, 3.05) is 25.2 Å². The fourth-order valence-corrected chi connectivity index (χ4v) is 5.60. The third-order valence-corrected chi connectivity index (χ3v) is 7.65. The number of unbranched alkanes of at least 4 members (excludes halogenated alkanes) is 1. The molecule has 1 fully saturated rings. The molecule has 8 nitrogen and oxygen atoms in total. The van der Waals surface area contributed by atoms with Gasteiger partial charge in [0.1, 0.15) is 23.0 Å². The van der Waals surface area contributed by atoms with Gasteiger partial charge in [0, 0.05) is 5.56 Å². The summed E-state index contributed by atoms with van der Waals surface area (Å²) in [4.78, 5) is 33.1. The molecule has 0 spiro atoms. The number of amides is 1. The minimum absolute atomic E-state index is 0.00866. The van der Waals surface area contributed by atoms with Gasteiger partial charge in [0.2, 0.25) is 0 Å². The minimum Gasteiger partial charge on any atom is -0.507 e. The van der Waals surface area contributed by atoms with Gasteiger partial charge in [-0.2, -0.15) is 0 Å². The molecule has 1 aliphatic rings. The molecule has 9 heteroatoms. The molecule has 1 amide bonds. The highest BCUT2D eigenvalue weighted by atomic mass is 32.1. The number of rotatable bonds is 10. The van der Waals surface area contributed by atoms with E-state index in [9.17, 15) is 14.7 Å². The van der Waals surface area contributed by atoms with Crippen molar-refractivity contribution in [1.82, 2.24) is 4.98 Å². The number of hydrogen-bond donors (Lipinski definition) is 1. The first-order valence-electron chi connectivity index (χ1n) is 13.2. The predicted molar refractivity (Wildman–Crippen MR) is 155 cm³/mol. The van der Waals surface area contributed by atoms with Gasteiger partial charge in [0.15, 0.2) is 5.13 Å². The van der Waals surface area contributed by atoms with Gasteiger partial charge in [0.05, 0.1) is 42.2 Å². The topological polar surface area (TPSA) is 98.2 Å². The molecule has 1 aliphatic heterocycles. The van der Waals surface area contributed by atoms with Crippen LogP contribution in [0.25, 0.3) is 16.0 Å². The van der Waals surface area contributed by atoms with E-state index in [1.807, 2.05) is 43.3 Å². The van der Waals surface area contributed by atoms with Crippen molar-refractivity contribution in [3.8, 4) is 17.2 Å². The van der Waals surface area contributed by atoms with Gasteiger partial charge < -0.3 is 19.3 Å². The number of ketones is 1. The Labute approximate surface area is 236 Å². The quantitative estimate of drug-likeness (QED) is 0.103. The summed E-state index contributed by atoms with van der Waals surface area (Å²) in [5, 5.41) is 11.8. The van der Waals surface area contributed by atoms with Crippen molar-refractivity contribution >= 4 is 44.1 Å². The number of benzene rings is 3. The Hall–Kier alpha value is -4.37. The summed E-state index contributed by atoms with van der Waals surface area (Å²) in [6.45, 7) is 5.08. The molecule has 1 aromatic heterocycles. The molecule has 206 valence electrons. The Bertz CT molecular complexity index is 1560. The van der Waals surface area contributed by atoms with Crippen molar-refractivity contribution in [1.29, 1.82) is 0 Å². The van der Waals surface area contributed by atoms with E-state index in [4.69, 9.17) is 14.2 Å². The predicted octanol–water partition coefficient (Wildman–Crippen LogP) is 6.51. The Morgan fingerprint density at radius 3 is 2.30 bits per heavy atom. The number of carbonyl (C=O) groups excluding carboxylic acids is 2. The maximum Gasteiger partial charge on any atom is 0.301 e. The number of carbonyl (C=O) groups is 2. The van der Waals surface area contributed by atoms with Gasteiger partial charge in [-0.1, -0.05) is 36.8 Å². The highest BCUT2D eigenvalue weighted by Crippen LogP contribution is 2.45. The van der Waals surface area contributed by atoms with Gasteiger partial charge in [0.25, 0.3) is 5.78 Å². The molecule has 0 aliphatic carbocycles. The lowest BCUT2D eigenvalue weighted by Crippen LogP contribution is -2.29. The maximum absolute atomic E-state index is 13.5. The fraction of sp³-hybridized carbons (Fsp3) is 0.258. The average molecular weight is 559 g/mol. The van der Waals surface area contributed by atoms with Crippen LogP contribution in [0.4, 0.5) is 5.13 Å². The van der Waals surface area contributed by atoms with Crippen LogP contribution in [0.5, 0.6) is 17.2 Å². The molecule has 1 unspecified atom stereocenters. The number of fused-ring (bicyclic) bond motifs is 1. The maximum atomic E-state index is 13.5. The van der Waals surface area contributed by atoms with Crippen LogP contribution in [0.2, 0.25) is 0 Å². The van der Waals surface area contributed by atoms with Gasteiger partial charge in [-0.05, 0) is 73.5 Å². The second-order valence-electron chi connectivity index (χ2n) is 9.23. The number of thiazole rings is 1. The third-order valence-electron chi connectivity index (χ3n) is 6.64. The van der Waals surface area contributed by atoms with E-state index in [2.05, 4.69) is 11.9 Å². The highest BCUT2D eigenvalue weighted by Gasteiger charge is 2.48. The molecule has 0 saturated carbocycles. The lowest BCUT2D eigenvalue weighted by atomic mass is 9.95. The fourth-order valence-electron chi connectivity index (χ4n) is 4.58. The van der Waals surface area contributed by atoms with Crippen LogP contribution in [0, 0.1) is 0 Å². The number of anilines is 1. The Morgan fingerprint density at radius 1 is 0.950 bits per heavy atom. The van der Waals surface area contributed by atoms with E-state index in [0.29, 0.717) is 52.2 Å². The first kappa shape index (κ1) is 27.2. The number of aromatic nitrogens is 1. The van der Waals surface area contributed by atoms with Crippen LogP contribution in [0.3, 0.4) is 0 Å². The van der Waals surface area contributed by atoms with Gasteiger partial charge in [-0.25, -0.2) is 4.98 Å². The summed E-state index contributed by atoms with van der Waals surface area (Å²) in [5.74, 6) is 0.186. The van der Waals surface area contributed by atoms with E-state index in [0.717, 1.165) is 17.5 Å². The van der Waals surface area contributed by atoms with Crippen LogP contribution in [0.1, 0.15) is 43.9 Å². The molecule has 4 aromatic rings. The Morgan fingerprint density at radius 2 is 1.62 bits per heavy atom. The number of aliphatic hydroxyl groups excluding tert-OH is 1. The SMILES string of the molecule is CCCCOc1ccc(C2C(=C(O)c3ccc(OCC)cc3)C(=O)C(=O)N2c2nc3ccc(OC)cc3s2)cc1. The van der Waals surface area contributed by atoms with Crippen molar-refractivity contribution in [2.45, 2.75) is 32.7 Å². The Balaban J connectivity index is 1.61. The summed E-state index contributed by atoms with van der Waals surface area (Å²) in [5.41, 5.74) is 1.71. The molecule has 1 atom stereocenters. The van der Waals surface area contributed by atoms with Crippen molar-refractivity contribution in [3.63, 3.8) is 0 Å². The highest BCUT2D eigenvalue weighted by molar-refractivity contribution is 7.22. The molecular weight excluding hydrogens is 528 g/mol. The second kappa shape index (κ2) is 11.8. The number of hydrogen-bond acceptors (Lipinski definition) is 8. The normalized spacial score (nSPS) is 16.5. The number of ether oxygens (including phenoxy) is 3. The third kappa shape index (κ3) is 5.24. The first-order chi connectivity index (χ1) is 19.4. The number of aliphatic hydroxyl groups is 1. The molecule has 40 heavy (non-hydrogen) atoms. The molecule has 1 N–H and O–H groups in total. The van der Waals surface area contributed by atoms with Crippen LogP contribution < -0.4 is 19.1 Å². The first-order valence-corrected chi connectivity index (χ1v) is 14.0. The van der Waals surface area contributed by atoms with E-state index in [1.54, 1.807) is 37.4 Å². The van der Waals surface area contributed by atoms with E-state index < -0.39 is 17.7 Å². The summed E-state index contributed by atoms with van der Waals surface area (Å²) in [7, 11) is 1.58. The molecule has 2 heterocycles. The summed E-state index contributed by atoms with van der Waals surface area (Å²) < 4.78 is 17.5. The lowest BCUT2D eigenvalue weighted by molar-refractivity contribution is -0.132. The minimum atomic E-state index is -0.890. The zero-order chi connectivity index (χ0) is 28.2. The molecular formula is C31H30N2O6S. The van der Waals surface area contributed by atoms with Crippen molar-refractivity contribution < 1.29 is 28.9 Å². The van der Waals surface area contributed by atoms with E-state index >= 15 is 0 Å². The molecule has 0 bridgehead atoms. The van der Waals surface area contributed by atoms with Crippen LogP contribution >= 0.6 is 11.3 Å². The summed E-state index contributed by atoms with van der Waals surface area (Å²) >= 11 is 1.28. The van der Waals surface area contributed by atoms with Gasteiger partial charge in [-0.15, -0.1) is 0 Å². The van der Waals surface area contributed by atoms with Crippen molar-refractivity contribution in [2.24, 2.45) is 0 Å². The zero-order valence-corrected chi connectivity index (χ0v) is 23.4. The molecule has 5 rings (SSSR count). The van der Waals surface area contributed by atoms with Crippen LogP contribution in [0.15, 0.2) is 72.3 Å². The number of methoxy groups -OCH3 is 1. The van der Waals surface area contributed by atoms with Gasteiger partial charge in [-0.3, -0.25) is 14.5 Å². The number of Topliss-reactive ketones (excluding diaryl/α,β-unsaturated/α-hetero) is 1. The number of nitrogens with zero attached hydrogens (tertiary/aromatic N) is 2. The van der Waals surface area contributed by atoms with Gasteiger partial charge >= 0.3 is 5.91 Å². The van der Waals surface area contributed by atoms with Crippen LogP contribution in [-0.4, -0.2) is 42.1 Å². The van der Waals surface area contributed by atoms with Crippen LogP contribution in [-0.2, 0) is 9.59 Å².